The van der Waals surface area contributed by atoms with E-state index in [0.717, 1.165) is 12.0 Å². The number of benzene rings is 2. The van der Waals surface area contributed by atoms with E-state index in [-0.39, 0.29) is 5.69 Å². The summed E-state index contributed by atoms with van der Waals surface area (Å²) in [6, 6.07) is 12.1. The molecule has 6 nitrogen and oxygen atoms in total. The van der Waals surface area contributed by atoms with Gasteiger partial charge in [-0.25, -0.2) is 0 Å². The van der Waals surface area contributed by atoms with Crippen LogP contribution in [0.4, 0.5) is 5.69 Å². The molecule has 2 aromatic carbocycles. The van der Waals surface area contributed by atoms with Crippen LogP contribution in [-0.4, -0.2) is 31.9 Å². The predicted molar refractivity (Wildman–Crippen MR) is 88.8 cm³/mol. The van der Waals surface area contributed by atoms with Crippen LogP contribution in [0.25, 0.3) is 0 Å². The zero-order valence-electron chi connectivity index (χ0n) is 13.1. The van der Waals surface area contributed by atoms with Crippen molar-refractivity contribution in [3.05, 3.63) is 63.7 Å². The Kier molecular flexibility index (Phi) is 5.68. The van der Waals surface area contributed by atoms with Crippen molar-refractivity contribution in [1.29, 1.82) is 0 Å². The third-order valence-electron chi connectivity index (χ3n) is 3.30. The average Bonchev–Trinajstić information content (AvgIpc) is 2.58. The Bertz CT molecular complexity index is 713. The molecule has 0 N–H and O–H groups in total. The number of hydrogen-bond acceptors (Lipinski definition) is 5. The first-order valence-electron chi connectivity index (χ1n) is 7.09. The average molecular weight is 314 g/mol. The highest BCUT2D eigenvalue weighted by molar-refractivity contribution is 5.80. The highest BCUT2D eigenvalue weighted by Gasteiger charge is 2.05. The first-order valence-corrected chi connectivity index (χ1v) is 7.09. The van der Waals surface area contributed by atoms with E-state index in [1.165, 1.54) is 12.1 Å². The second-order valence-electron chi connectivity index (χ2n) is 4.83. The summed E-state index contributed by atoms with van der Waals surface area (Å²) < 4.78 is 10.5. The first kappa shape index (κ1) is 16.5. The summed E-state index contributed by atoms with van der Waals surface area (Å²) >= 11 is 0. The fourth-order valence-corrected chi connectivity index (χ4v) is 2.12. The highest BCUT2D eigenvalue weighted by Crippen LogP contribution is 2.27. The molecule has 0 saturated heterocycles. The van der Waals surface area contributed by atoms with Crippen LogP contribution in [-0.2, 0) is 6.42 Å². The Hall–Kier alpha value is -2.89. The van der Waals surface area contributed by atoms with Crippen LogP contribution in [0.5, 0.6) is 11.5 Å². The predicted octanol–water partition coefficient (Wildman–Crippen LogP) is 3.27. The standard InChI is InChI=1S/C17H18N2O4/c1-22-16-7-6-13(11-17(16)23-2)8-9-18-12-14-4-3-5-15(10-14)19(20)21/h3-7,10-12H,8-9H2,1-2H3. The third-order valence-corrected chi connectivity index (χ3v) is 3.30. The summed E-state index contributed by atoms with van der Waals surface area (Å²) in [6.07, 6.45) is 2.39. The van der Waals surface area contributed by atoms with Gasteiger partial charge in [0, 0.05) is 24.9 Å². The monoisotopic (exact) mass is 314 g/mol. The molecule has 0 aliphatic carbocycles. The summed E-state index contributed by atoms with van der Waals surface area (Å²) in [5.41, 5.74) is 1.86. The van der Waals surface area contributed by atoms with Gasteiger partial charge in [-0.15, -0.1) is 0 Å². The van der Waals surface area contributed by atoms with Gasteiger partial charge < -0.3 is 9.47 Å². The number of non-ortho nitro benzene ring substituents is 1. The maximum Gasteiger partial charge on any atom is 0.270 e. The molecule has 6 heteroatoms. The Morgan fingerprint density at radius 1 is 1.13 bits per heavy atom. The summed E-state index contributed by atoms with van der Waals surface area (Å²) in [7, 11) is 3.20. The molecule has 0 aliphatic rings. The zero-order chi connectivity index (χ0) is 16.7. The maximum absolute atomic E-state index is 10.7. The summed E-state index contributed by atoms with van der Waals surface area (Å²) in [4.78, 5) is 14.6. The lowest BCUT2D eigenvalue weighted by molar-refractivity contribution is -0.384. The topological polar surface area (TPSA) is 74.0 Å². The first-order chi connectivity index (χ1) is 11.1. The molecule has 2 rings (SSSR count). The lowest BCUT2D eigenvalue weighted by atomic mass is 10.1. The molecule has 0 unspecified atom stereocenters. The van der Waals surface area contributed by atoms with Crippen molar-refractivity contribution in [3.8, 4) is 11.5 Å². The van der Waals surface area contributed by atoms with Crippen LogP contribution >= 0.6 is 0 Å². The van der Waals surface area contributed by atoms with E-state index < -0.39 is 4.92 Å². The molecule has 0 radical (unpaired) electrons. The molecule has 0 saturated carbocycles. The molecular formula is C17H18N2O4. The Morgan fingerprint density at radius 3 is 2.61 bits per heavy atom. The van der Waals surface area contributed by atoms with E-state index in [9.17, 15) is 10.1 Å². The van der Waals surface area contributed by atoms with E-state index >= 15 is 0 Å². The number of ether oxygens (including phenoxy) is 2. The van der Waals surface area contributed by atoms with Crippen molar-refractivity contribution < 1.29 is 14.4 Å². The zero-order valence-corrected chi connectivity index (χ0v) is 13.1. The molecule has 2 aromatic rings. The van der Waals surface area contributed by atoms with Gasteiger partial charge in [-0.2, -0.15) is 0 Å². The van der Waals surface area contributed by atoms with Crippen molar-refractivity contribution in [2.24, 2.45) is 4.99 Å². The minimum absolute atomic E-state index is 0.0637. The molecule has 0 aliphatic heterocycles. The third kappa shape index (κ3) is 4.54. The second-order valence-corrected chi connectivity index (χ2v) is 4.83. The molecule has 0 bridgehead atoms. The van der Waals surface area contributed by atoms with Crippen LogP contribution in [0, 0.1) is 10.1 Å². The van der Waals surface area contributed by atoms with Crippen molar-refractivity contribution >= 4 is 11.9 Å². The largest absolute Gasteiger partial charge is 0.493 e. The Balaban J connectivity index is 1.97. The highest BCUT2D eigenvalue weighted by atomic mass is 16.6. The lowest BCUT2D eigenvalue weighted by Gasteiger charge is -2.08. The minimum Gasteiger partial charge on any atom is -0.493 e. The van der Waals surface area contributed by atoms with Crippen LogP contribution < -0.4 is 9.47 Å². The van der Waals surface area contributed by atoms with E-state index in [1.54, 1.807) is 32.6 Å². The summed E-state index contributed by atoms with van der Waals surface area (Å²) in [6.45, 7) is 0.582. The smallest absolute Gasteiger partial charge is 0.270 e. The van der Waals surface area contributed by atoms with Crippen molar-refractivity contribution in [1.82, 2.24) is 0 Å². The number of rotatable bonds is 7. The molecule has 0 spiro atoms. The molecule has 0 heterocycles. The van der Waals surface area contributed by atoms with Gasteiger partial charge in [-0.05, 0) is 29.7 Å². The SMILES string of the molecule is COc1ccc(CCN=Cc2cccc([N+](=O)[O-])c2)cc1OC. The number of nitrogens with zero attached hydrogens (tertiary/aromatic N) is 2. The summed E-state index contributed by atoms with van der Waals surface area (Å²) in [5.74, 6) is 1.38. The van der Waals surface area contributed by atoms with Gasteiger partial charge in [0.15, 0.2) is 11.5 Å². The van der Waals surface area contributed by atoms with Crippen LogP contribution in [0.15, 0.2) is 47.5 Å². The fraction of sp³-hybridized carbons (Fsp3) is 0.235. The number of hydrogen-bond donors (Lipinski definition) is 0. The van der Waals surface area contributed by atoms with Crippen molar-refractivity contribution in [3.63, 3.8) is 0 Å². The van der Waals surface area contributed by atoms with Crippen LogP contribution in [0.3, 0.4) is 0 Å². The quantitative estimate of drug-likeness (QED) is 0.446. The van der Waals surface area contributed by atoms with E-state index in [0.29, 0.717) is 23.6 Å². The van der Waals surface area contributed by atoms with Gasteiger partial charge in [0.1, 0.15) is 0 Å². The van der Waals surface area contributed by atoms with Crippen molar-refractivity contribution in [2.45, 2.75) is 6.42 Å². The molecular weight excluding hydrogens is 296 g/mol. The molecule has 0 fully saturated rings. The molecule has 23 heavy (non-hydrogen) atoms. The van der Waals surface area contributed by atoms with Gasteiger partial charge in [0.25, 0.3) is 5.69 Å². The van der Waals surface area contributed by atoms with Gasteiger partial charge in [-0.3, -0.25) is 15.1 Å². The van der Waals surface area contributed by atoms with E-state index in [2.05, 4.69) is 4.99 Å². The number of aliphatic imine (C=N–C) groups is 1. The molecule has 0 atom stereocenters. The molecule has 0 aromatic heterocycles. The molecule has 0 amide bonds. The summed E-state index contributed by atoms with van der Waals surface area (Å²) in [5, 5.41) is 10.7. The second kappa shape index (κ2) is 7.93. The normalized spacial score (nSPS) is 10.7. The minimum atomic E-state index is -0.416. The van der Waals surface area contributed by atoms with Gasteiger partial charge in [-0.1, -0.05) is 18.2 Å². The Morgan fingerprint density at radius 2 is 1.91 bits per heavy atom. The van der Waals surface area contributed by atoms with Gasteiger partial charge in [0.05, 0.1) is 19.1 Å². The van der Waals surface area contributed by atoms with Crippen LogP contribution in [0.2, 0.25) is 0 Å². The number of nitro groups is 1. The van der Waals surface area contributed by atoms with Crippen molar-refractivity contribution in [2.75, 3.05) is 20.8 Å². The van der Waals surface area contributed by atoms with Gasteiger partial charge in [0.2, 0.25) is 0 Å². The van der Waals surface area contributed by atoms with Gasteiger partial charge >= 0.3 is 0 Å². The molecule has 120 valence electrons. The van der Waals surface area contributed by atoms with Crippen LogP contribution in [0.1, 0.15) is 11.1 Å². The van der Waals surface area contributed by atoms with E-state index in [4.69, 9.17) is 9.47 Å². The van der Waals surface area contributed by atoms with E-state index in [1.807, 2.05) is 18.2 Å². The maximum atomic E-state index is 10.7. The Labute approximate surface area is 134 Å². The number of nitro benzene ring substituents is 1. The fourth-order valence-electron chi connectivity index (χ4n) is 2.12. The number of methoxy groups -OCH3 is 2. The lowest BCUT2D eigenvalue weighted by Crippen LogP contribution is -1.95.